The molecule has 1 aliphatic carbocycles. The third-order valence-electron chi connectivity index (χ3n) is 4.04. The third-order valence-corrected chi connectivity index (χ3v) is 4.04. The maximum absolute atomic E-state index is 12.2. The maximum Gasteiger partial charge on any atom is 0.176 e. The molecule has 0 radical (unpaired) electrons. The van der Waals surface area contributed by atoms with Gasteiger partial charge in [0.25, 0.3) is 0 Å². The van der Waals surface area contributed by atoms with Crippen molar-refractivity contribution in [3.63, 3.8) is 0 Å². The highest BCUT2D eigenvalue weighted by Gasteiger charge is 2.36. The average Bonchev–Trinajstić information content (AvgIpc) is 2.89. The van der Waals surface area contributed by atoms with E-state index in [4.69, 9.17) is 4.74 Å². The highest BCUT2D eigenvalue weighted by molar-refractivity contribution is 5.97. The number of benzene rings is 1. The Morgan fingerprint density at radius 3 is 2.94 bits per heavy atom. The van der Waals surface area contributed by atoms with E-state index in [1.54, 1.807) is 0 Å². The van der Waals surface area contributed by atoms with Gasteiger partial charge in [0.2, 0.25) is 0 Å². The first-order valence-corrected chi connectivity index (χ1v) is 6.78. The zero-order valence-electron chi connectivity index (χ0n) is 10.5. The van der Waals surface area contributed by atoms with Crippen molar-refractivity contribution in [1.82, 2.24) is 4.90 Å². The van der Waals surface area contributed by atoms with Crippen molar-refractivity contribution in [2.45, 2.75) is 31.4 Å². The molecular formula is C15H19NO2. The smallest absolute Gasteiger partial charge is 0.176 e. The van der Waals surface area contributed by atoms with Gasteiger partial charge in [-0.3, -0.25) is 9.69 Å². The Hall–Kier alpha value is -1.19. The van der Waals surface area contributed by atoms with Gasteiger partial charge in [-0.2, -0.15) is 0 Å². The number of fused-ring (bicyclic) bond motifs is 1. The molecule has 96 valence electrons. The summed E-state index contributed by atoms with van der Waals surface area (Å²) in [5.41, 5.74) is 0.818. The van der Waals surface area contributed by atoms with E-state index in [1.165, 1.54) is 12.8 Å². The SMILES string of the molecule is O=C(CN1CCOC2CCCC21)c1ccccc1. The minimum absolute atomic E-state index is 0.225. The van der Waals surface area contributed by atoms with Crippen molar-refractivity contribution in [3.8, 4) is 0 Å². The van der Waals surface area contributed by atoms with E-state index in [1.807, 2.05) is 30.3 Å². The summed E-state index contributed by atoms with van der Waals surface area (Å²) in [6, 6.07) is 10.0. The number of nitrogens with zero attached hydrogens (tertiary/aromatic N) is 1. The fourth-order valence-corrected chi connectivity index (χ4v) is 3.10. The van der Waals surface area contributed by atoms with Crippen LogP contribution in [0.5, 0.6) is 0 Å². The van der Waals surface area contributed by atoms with Gasteiger partial charge in [0.15, 0.2) is 5.78 Å². The maximum atomic E-state index is 12.2. The molecule has 2 unspecified atom stereocenters. The van der Waals surface area contributed by atoms with Crippen molar-refractivity contribution in [3.05, 3.63) is 35.9 Å². The number of carbonyl (C=O) groups excluding carboxylic acids is 1. The van der Waals surface area contributed by atoms with Crippen LogP contribution in [0.4, 0.5) is 0 Å². The first-order valence-electron chi connectivity index (χ1n) is 6.78. The fraction of sp³-hybridized carbons (Fsp3) is 0.533. The van der Waals surface area contributed by atoms with E-state index in [0.717, 1.165) is 25.1 Å². The van der Waals surface area contributed by atoms with Crippen LogP contribution < -0.4 is 0 Å². The van der Waals surface area contributed by atoms with Crippen molar-refractivity contribution >= 4 is 5.78 Å². The van der Waals surface area contributed by atoms with Gasteiger partial charge in [-0.25, -0.2) is 0 Å². The number of Topliss-reactive ketones (excluding diaryl/α,β-unsaturated/α-hetero) is 1. The number of rotatable bonds is 3. The number of morpholine rings is 1. The summed E-state index contributed by atoms with van der Waals surface area (Å²) in [7, 11) is 0. The topological polar surface area (TPSA) is 29.5 Å². The second-order valence-electron chi connectivity index (χ2n) is 5.17. The second kappa shape index (κ2) is 5.21. The summed E-state index contributed by atoms with van der Waals surface area (Å²) >= 11 is 0. The summed E-state index contributed by atoms with van der Waals surface area (Å²) in [4.78, 5) is 14.5. The third kappa shape index (κ3) is 2.33. The van der Waals surface area contributed by atoms with Crippen LogP contribution in [0, 0.1) is 0 Å². The first-order chi connectivity index (χ1) is 8.84. The zero-order valence-corrected chi connectivity index (χ0v) is 10.5. The predicted octanol–water partition coefficient (Wildman–Crippen LogP) is 2.12. The Balaban J connectivity index is 1.67. The molecule has 0 spiro atoms. The lowest BCUT2D eigenvalue weighted by Crippen LogP contribution is -2.50. The van der Waals surface area contributed by atoms with Crippen molar-refractivity contribution in [2.24, 2.45) is 0 Å². The number of ketones is 1. The van der Waals surface area contributed by atoms with E-state index in [0.29, 0.717) is 18.7 Å². The molecule has 0 N–H and O–H groups in total. The molecule has 2 atom stereocenters. The summed E-state index contributed by atoms with van der Waals surface area (Å²) in [5, 5.41) is 0. The minimum atomic E-state index is 0.225. The van der Waals surface area contributed by atoms with Gasteiger partial charge in [-0.05, 0) is 19.3 Å². The highest BCUT2D eigenvalue weighted by atomic mass is 16.5. The number of carbonyl (C=O) groups is 1. The summed E-state index contributed by atoms with van der Waals surface area (Å²) in [6.45, 7) is 2.19. The van der Waals surface area contributed by atoms with Crippen LogP contribution >= 0.6 is 0 Å². The van der Waals surface area contributed by atoms with Crippen LogP contribution in [0.3, 0.4) is 0 Å². The largest absolute Gasteiger partial charge is 0.375 e. The van der Waals surface area contributed by atoms with Gasteiger partial charge in [-0.1, -0.05) is 30.3 Å². The van der Waals surface area contributed by atoms with Crippen LogP contribution in [-0.4, -0.2) is 42.5 Å². The molecule has 2 aliphatic rings. The predicted molar refractivity (Wildman–Crippen MR) is 69.7 cm³/mol. The Bertz CT molecular complexity index is 418. The fourth-order valence-electron chi connectivity index (χ4n) is 3.10. The zero-order chi connectivity index (χ0) is 12.4. The van der Waals surface area contributed by atoms with E-state index in [9.17, 15) is 4.79 Å². The average molecular weight is 245 g/mol. The Labute approximate surface area is 108 Å². The molecule has 0 bridgehead atoms. The first kappa shape index (κ1) is 11.9. The molecule has 1 aromatic rings. The molecule has 3 heteroatoms. The van der Waals surface area contributed by atoms with E-state index >= 15 is 0 Å². The van der Waals surface area contributed by atoms with Crippen LogP contribution in [0.15, 0.2) is 30.3 Å². The van der Waals surface area contributed by atoms with Gasteiger partial charge < -0.3 is 4.74 Å². The monoisotopic (exact) mass is 245 g/mol. The van der Waals surface area contributed by atoms with Crippen molar-refractivity contribution in [1.29, 1.82) is 0 Å². The molecule has 1 heterocycles. The summed E-state index contributed by atoms with van der Waals surface area (Å²) < 4.78 is 5.77. The Morgan fingerprint density at radius 1 is 1.28 bits per heavy atom. The lowest BCUT2D eigenvalue weighted by Gasteiger charge is -2.37. The Morgan fingerprint density at radius 2 is 2.11 bits per heavy atom. The molecule has 18 heavy (non-hydrogen) atoms. The van der Waals surface area contributed by atoms with Gasteiger partial charge in [0, 0.05) is 18.2 Å². The minimum Gasteiger partial charge on any atom is -0.375 e. The lowest BCUT2D eigenvalue weighted by molar-refractivity contribution is -0.0522. The molecule has 1 aromatic carbocycles. The standard InChI is InChI=1S/C15H19NO2/c17-14(12-5-2-1-3-6-12)11-16-9-10-18-15-8-4-7-13(15)16/h1-3,5-6,13,15H,4,7-11H2. The van der Waals surface area contributed by atoms with E-state index in [-0.39, 0.29) is 5.78 Å². The van der Waals surface area contributed by atoms with Crippen molar-refractivity contribution < 1.29 is 9.53 Å². The van der Waals surface area contributed by atoms with E-state index in [2.05, 4.69) is 4.90 Å². The van der Waals surface area contributed by atoms with E-state index < -0.39 is 0 Å². The molecule has 3 nitrogen and oxygen atoms in total. The molecule has 1 aliphatic heterocycles. The van der Waals surface area contributed by atoms with Crippen molar-refractivity contribution in [2.75, 3.05) is 19.7 Å². The molecule has 1 saturated carbocycles. The molecule has 1 saturated heterocycles. The molecule has 0 aromatic heterocycles. The Kier molecular flexibility index (Phi) is 3.43. The van der Waals surface area contributed by atoms with Gasteiger partial charge in [-0.15, -0.1) is 0 Å². The normalized spacial score (nSPS) is 28.0. The highest BCUT2D eigenvalue weighted by Crippen LogP contribution is 2.29. The van der Waals surface area contributed by atoms with Gasteiger partial charge in [0.1, 0.15) is 0 Å². The number of hydrogen-bond donors (Lipinski definition) is 0. The molecule has 2 fully saturated rings. The van der Waals surface area contributed by atoms with Crippen LogP contribution in [-0.2, 0) is 4.74 Å². The number of hydrogen-bond acceptors (Lipinski definition) is 3. The van der Waals surface area contributed by atoms with Crippen LogP contribution in [0.25, 0.3) is 0 Å². The second-order valence-corrected chi connectivity index (χ2v) is 5.17. The summed E-state index contributed by atoms with van der Waals surface area (Å²) in [5.74, 6) is 0.225. The number of ether oxygens (including phenoxy) is 1. The quantitative estimate of drug-likeness (QED) is 0.764. The molecule has 0 amide bonds. The summed E-state index contributed by atoms with van der Waals surface area (Å²) in [6.07, 6.45) is 3.92. The molecular weight excluding hydrogens is 226 g/mol. The molecule has 3 rings (SSSR count). The van der Waals surface area contributed by atoms with Crippen LogP contribution in [0.2, 0.25) is 0 Å². The van der Waals surface area contributed by atoms with Gasteiger partial charge >= 0.3 is 0 Å². The van der Waals surface area contributed by atoms with Gasteiger partial charge in [0.05, 0.1) is 19.3 Å². The lowest BCUT2D eigenvalue weighted by atomic mass is 10.1. The van der Waals surface area contributed by atoms with Crippen LogP contribution in [0.1, 0.15) is 29.6 Å².